The van der Waals surface area contributed by atoms with Gasteiger partial charge in [0.05, 0.1) is 24.5 Å². The van der Waals surface area contributed by atoms with Gasteiger partial charge in [0.1, 0.15) is 11.6 Å². The van der Waals surface area contributed by atoms with Crippen LogP contribution in [0.4, 0.5) is 10.1 Å². The minimum Gasteiger partial charge on any atom is -0.492 e. The van der Waals surface area contributed by atoms with Crippen molar-refractivity contribution in [3.05, 3.63) is 76.9 Å². The molecule has 0 atom stereocenters. The molecular formula is C23H26FN5O2. The zero-order valence-corrected chi connectivity index (χ0v) is 18.1. The fraction of sp³-hybridized carbons (Fsp3) is 0.261. The van der Waals surface area contributed by atoms with Crippen molar-refractivity contribution >= 4 is 17.6 Å². The zero-order valence-electron chi connectivity index (χ0n) is 18.1. The van der Waals surface area contributed by atoms with E-state index in [1.807, 2.05) is 52.1 Å². The van der Waals surface area contributed by atoms with Crippen LogP contribution in [0.2, 0.25) is 0 Å². The lowest BCUT2D eigenvalue weighted by Crippen LogP contribution is -2.36. The van der Waals surface area contributed by atoms with Gasteiger partial charge in [0.15, 0.2) is 0 Å². The number of ether oxygens (including phenoxy) is 1. The summed E-state index contributed by atoms with van der Waals surface area (Å²) in [5.74, 6) is -0.0998. The zero-order chi connectivity index (χ0) is 22.4. The number of amides is 1. The number of carbonyl (C=O) groups is 1. The molecule has 0 bridgehead atoms. The van der Waals surface area contributed by atoms with Crippen molar-refractivity contribution in [1.29, 1.82) is 0 Å². The molecule has 0 fully saturated rings. The number of halogens is 1. The van der Waals surface area contributed by atoms with Crippen molar-refractivity contribution in [1.82, 2.24) is 15.1 Å². The van der Waals surface area contributed by atoms with Crippen molar-refractivity contribution in [2.24, 2.45) is 12.0 Å². The highest BCUT2D eigenvalue weighted by Gasteiger charge is 2.14. The quantitative estimate of drug-likeness (QED) is 0.464. The van der Waals surface area contributed by atoms with E-state index in [4.69, 9.17) is 4.74 Å². The third kappa shape index (κ3) is 5.48. The molecular weight excluding hydrogens is 397 g/mol. The second-order valence-electron chi connectivity index (χ2n) is 6.96. The molecule has 0 radical (unpaired) electrons. The number of benzene rings is 2. The van der Waals surface area contributed by atoms with Gasteiger partial charge >= 0.3 is 0 Å². The first-order valence-electron chi connectivity index (χ1n) is 9.98. The summed E-state index contributed by atoms with van der Waals surface area (Å²) >= 11 is 0. The Bertz CT molecular complexity index is 1110. The Balaban J connectivity index is 1.90. The van der Waals surface area contributed by atoms with Gasteiger partial charge in [-0.1, -0.05) is 18.2 Å². The standard InChI is InChI=1S/C23H26FN5O2/c1-5-31-21-12-7-6-11-20(21)26-23(25-14-19-15(2)28-29(4)16(19)3)27-22(30)17-9-8-10-18(24)13-17/h6-13H,5,14H2,1-4H3,(H2,25,26,27,30). The highest BCUT2D eigenvalue weighted by molar-refractivity contribution is 6.10. The van der Waals surface area contributed by atoms with Gasteiger partial charge in [-0.25, -0.2) is 9.38 Å². The van der Waals surface area contributed by atoms with Crippen LogP contribution >= 0.6 is 0 Å². The fourth-order valence-corrected chi connectivity index (χ4v) is 3.10. The Labute approximate surface area is 181 Å². The summed E-state index contributed by atoms with van der Waals surface area (Å²) in [5.41, 5.74) is 3.68. The molecule has 1 heterocycles. The molecule has 0 aliphatic rings. The molecule has 3 rings (SSSR count). The number of nitrogens with one attached hydrogen (secondary N) is 2. The van der Waals surface area contributed by atoms with E-state index in [0.717, 1.165) is 17.0 Å². The van der Waals surface area contributed by atoms with Gasteiger partial charge in [0.2, 0.25) is 5.96 Å². The number of guanidine groups is 1. The van der Waals surface area contributed by atoms with Crippen molar-refractivity contribution in [3.63, 3.8) is 0 Å². The summed E-state index contributed by atoms with van der Waals surface area (Å²) in [6.07, 6.45) is 0. The Kier molecular flexibility index (Phi) is 7.02. The van der Waals surface area contributed by atoms with Gasteiger partial charge in [-0.2, -0.15) is 5.10 Å². The molecule has 162 valence electrons. The summed E-state index contributed by atoms with van der Waals surface area (Å²) in [6, 6.07) is 12.9. The van der Waals surface area contributed by atoms with Crippen molar-refractivity contribution in [2.45, 2.75) is 27.3 Å². The molecule has 1 aromatic heterocycles. The predicted octanol–water partition coefficient (Wildman–Crippen LogP) is 3.97. The fourth-order valence-electron chi connectivity index (χ4n) is 3.10. The maximum absolute atomic E-state index is 13.6. The number of rotatable bonds is 6. The Morgan fingerprint density at radius 2 is 1.97 bits per heavy atom. The number of carbonyl (C=O) groups excluding carboxylic acids is 1. The number of aryl methyl sites for hydroxylation is 2. The molecule has 0 spiro atoms. The molecule has 0 saturated heterocycles. The van der Waals surface area contributed by atoms with Crippen molar-refractivity contribution < 1.29 is 13.9 Å². The van der Waals surface area contributed by atoms with E-state index in [1.54, 1.807) is 10.7 Å². The highest BCUT2D eigenvalue weighted by Crippen LogP contribution is 2.23. The average Bonchev–Trinajstić information content (AvgIpc) is 2.99. The molecule has 2 aromatic carbocycles. The molecule has 0 aliphatic carbocycles. The number of aromatic nitrogens is 2. The van der Waals surface area contributed by atoms with Crippen molar-refractivity contribution in [2.75, 3.05) is 11.9 Å². The highest BCUT2D eigenvalue weighted by atomic mass is 19.1. The number of para-hydroxylation sites is 2. The maximum atomic E-state index is 13.6. The normalized spacial score (nSPS) is 11.3. The molecule has 8 heteroatoms. The minimum absolute atomic E-state index is 0.196. The molecule has 7 nitrogen and oxygen atoms in total. The average molecular weight is 423 g/mol. The number of anilines is 1. The first kappa shape index (κ1) is 22.0. The number of hydrogen-bond acceptors (Lipinski definition) is 4. The van der Waals surface area contributed by atoms with Gasteiger partial charge in [-0.15, -0.1) is 0 Å². The van der Waals surface area contributed by atoms with Crippen molar-refractivity contribution in [3.8, 4) is 5.75 Å². The molecule has 0 aliphatic heterocycles. The lowest BCUT2D eigenvalue weighted by molar-refractivity contribution is 0.0976. The monoisotopic (exact) mass is 423 g/mol. The molecule has 1 amide bonds. The first-order chi connectivity index (χ1) is 14.9. The second-order valence-corrected chi connectivity index (χ2v) is 6.96. The largest absolute Gasteiger partial charge is 0.492 e. The van der Waals surface area contributed by atoms with Crippen LogP contribution in [0.5, 0.6) is 5.75 Å². The maximum Gasteiger partial charge on any atom is 0.258 e. The second kappa shape index (κ2) is 9.88. The van der Waals surface area contributed by atoms with Gasteiger partial charge in [0, 0.05) is 23.9 Å². The lowest BCUT2D eigenvalue weighted by atomic mass is 10.2. The van der Waals surface area contributed by atoms with Gasteiger partial charge in [0.25, 0.3) is 5.91 Å². The minimum atomic E-state index is -0.484. The van der Waals surface area contributed by atoms with E-state index in [1.165, 1.54) is 18.2 Å². The summed E-state index contributed by atoms with van der Waals surface area (Å²) in [6.45, 7) is 6.59. The summed E-state index contributed by atoms with van der Waals surface area (Å²) < 4.78 is 21.0. The van der Waals surface area contributed by atoms with Crippen LogP contribution in [0.1, 0.15) is 34.2 Å². The topological polar surface area (TPSA) is 80.5 Å². The summed E-state index contributed by atoms with van der Waals surface area (Å²) in [7, 11) is 1.87. The molecule has 3 aromatic rings. The van der Waals surface area contributed by atoms with E-state index in [9.17, 15) is 9.18 Å². The Morgan fingerprint density at radius 1 is 1.19 bits per heavy atom. The Morgan fingerprint density at radius 3 is 2.65 bits per heavy atom. The van der Waals surface area contributed by atoms with E-state index in [-0.39, 0.29) is 11.5 Å². The summed E-state index contributed by atoms with van der Waals surface area (Å²) in [5, 5.41) is 10.3. The van der Waals surface area contributed by atoms with Crippen LogP contribution in [0, 0.1) is 19.7 Å². The smallest absolute Gasteiger partial charge is 0.258 e. The van der Waals surface area contributed by atoms with Gasteiger partial charge in [-0.3, -0.25) is 14.8 Å². The first-order valence-corrected chi connectivity index (χ1v) is 9.98. The number of nitrogens with zero attached hydrogens (tertiary/aromatic N) is 3. The van der Waals surface area contributed by atoms with Crippen LogP contribution in [0.25, 0.3) is 0 Å². The number of aliphatic imine (C=N–C) groups is 1. The molecule has 2 N–H and O–H groups in total. The SMILES string of the molecule is CCOc1ccccc1NC(=NCc1c(C)nn(C)c1C)NC(=O)c1cccc(F)c1. The van der Waals surface area contributed by atoms with Crippen LogP contribution in [0.15, 0.2) is 53.5 Å². The third-order valence-corrected chi connectivity index (χ3v) is 4.81. The van der Waals surface area contributed by atoms with Gasteiger partial charge < -0.3 is 10.1 Å². The molecule has 0 saturated carbocycles. The van der Waals surface area contributed by atoms with E-state index >= 15 is 0 Å². The lowest BCUT2D eigenvalue weighted by Gasteiger charge is -2.15. The van der Waals surface area contributed by atoms with Crippen LogP contribution in [-0.2, 0) is 13.6 Å². The molecule has 0 unspecified atom stereocenters. The summed E-state index contributed by atoms with van der Waals surface area (Å²) in [4.78, 5) is 17.3. The van der Waals surface area contributed by atoms with E-state index in [2.05, 4.69) is 20.7 Å². The third-order valence-electron chi connectivity index (χ3n) is 4.81. The van der Waals surface area contributed by atoms with E-state index < -0.39 is 11.7 Å². The van der Waals surface area contributed by atoms with Crippen LogP contribution < -0.4 is 15.4 Å². The van der Waals surface area contributed by atoms with E-state index in [0.29, 0.717) is 24.6 Å². The Hall–Kier alpha value is -3.68. The predicted molar refractivity (Wildman–Crippen MR) is 119 cm³/mol. The number of hydrogen-bond donors (Lipinski definition) is 2. The van der Waals surface area contributed by atoms with Gasteiger partial charge in [-0.05, 0) is 51.1 Å². The van der Waals surface area contributed by atoms with Crippen LogP contribution in [-0.4, -0.2) is 28.3 Å². The molecule has 31 heavy (non-hydrogen) atoms. The van der Waals surface area contributed by atoms with Crippen LogP contribution in [0.3, 0.4) is 0 Å².